The third-order valence-electron chi connectivity index (χ3n) is 8.12. The van der Waals surface area contributed by atoms with Gasteiger partial charge in [-0.05, 0) is 55.0 Å². The molecule has 0 radical (unpaired) electrons. The molecule has 0 atom stereocenters. The second kappa shape index (κ2) is 14.9. The minimum absolute atomic E-state index is 0.340. The van der Waals surface area contributed by atoms with Crippen molar-refractivity contribution in [2.75, 3.05) is 74.8 Å². The topological polar surface area (TPSA) is 97.6 Å². The van der Waals surface area contributed by atoms with Gasteiger partial charge in [0.2, 0.25) is 0 Å². The normalized spacial score (nSPS) is 13.1. The second-order valence-corrected chi connectivity index (χ2v) is 11.3. The average molecular weight is 634 g/mol. The van der Waals surface area contributed by atoms with Gasteiger partial charge in [0.1, 0.15) is 23.9 Å². The van der Waals surface area contributed by atoms with Gasteiger partial charge in [-0.25, -0.2) is 4.98 Å². The molecule has 1 amide bonds. The summed E-state index contributed by atoms with van der Waals surface area (Å²) in [4.78, 5) is 36.1. The SMILES string of the molecule is COCCOCCOc1cc(C)nc(N2CCN(c3ccc(NC(=O)C(=O)c4c(-c5ccccc5)cc5ccccn45)cc3)CC2)c1. The first-order valence-corrected chi connectivity index (χ1v) is 15.8. The van der Waals surface area contributed by atoms with E-state index in [1.165, 1.54) is 0 Å². The number of anilines is 3. The molecule has 0 unspecified atom stereocenters. The second-order valence-electron chi connectivity index (χ2n) is 11.3. The number of methoxy groups -OCH3 is 1. The molecule has 1 fully saturated rings. The van der Waals surface area contributed by atoms with Crippen molar-refractivity contribution in [1.29, 1.82) is 0 Å². The van der Waals surface area contributed by atoms with E-state index in [4.69, 9.17) is 19.2 Å². The fourth-order valence-electron chi connectivity index (χ4n) is 5.77. The number of ketones is 1. The third kappa shape index (κ3) is 7.62. The number of carbonyl (C=O) groups excluding carboxylic acids is 2. The Morgan fingerprint density at radius 1 is 0.809 bits per heavy atom. The standard InChI is InChI=1S/C37H39N5O5/c1-27-24-32(47-23-22-46-21-20-45-2)26-34(38-27)41-18-16-40(17-19-41)30-13-11-29(12-14-30)39-37(44)36(43)35-33(28-8-4-3-5-9-28)25-31-10-6-7-15-42(31)35/h3-15,24-26H,16-23H2,1-2H3,(H,39,44). The molecule has 1 aliphatic rings. The van der Waals surface area contributed by atoms with E-state index in [1.54, 1.807) is 17.7 Å². The number of hydrogen-bond donors (Lipinski definition) is 1. The molecule has 1 N–H and O–H groups in total. The fourth-order valence-corrected chi connectivity index (χ4v) is 5.77. The third-order valence-corrected chi connectivity index (χ3v) is 8.12. The van der Waals surface area contributed by atoms with Crippen molar-refractivity contribution in [2.45, 2.75) is 6.92 Å². The van der Waals surface area contributed by atoms with Crippen LogP contribution in [-0.2, 0) is 14.3 Å². The lowest BCUT2D eigenvalue weighted by atomic mass is 10.0. The molecule has 3 aromatic heterocycles. The van der Waals surface area contributed by atoms with Gasteiger partial charge < -0.3 is 33.7 Å². The molecule has 2 aromatic carbocycles. The lowest BCUT2D eigenvalue weighted by Gasteiger charge is -2.37. The van der Waals surface area contributed by atoms with E-state index in [-0.39, 0.29) is 0 Å². The molecule has 0 bridgehead atoms. The number of hydrogen-bond acceptors (Lipinski definition) is 8. The summed E-state index contributed by atoms with van der Waals surface area (Å²) < 4.78 is 18.2. The summed E-state index contributed by atoms with van der Waals surface area (Å²) in [5, 5.41) is 2.81. The number of aromatic nitrogens is 2. The van der Waals surface area contributed by atoms with Crippen molar-refractivity contribution >= 4 is 34.4 Å². The fraction of sp³-hybridized carbons (Fsp3) is 0.270. The molecule has 6 rings (SSSR count). The van der Waals surface area contributed by atoms with Crippen LogP contribution in [0.5, 0.6) is 5.75 Å². The van der Waals surface area contributed by atoms with Crippen LogP contribution >= 0.6 is 0 Å². The van der Waals surface area contributed by atoms with Gasteiger partial charge in [0.25, 0.3) is 11.7 Å². The van der Waals surface area contributed by atoms with Gasteiger partial charge in [-0.1, -0.05) is 36.4 Å². The van der Waals surface area contributed by atoms with Gasteiger partial charge in [0.15, 0.2) is 0 Å². The minimum atomic E-state index is -0.681. The lowest BCUT2D eigenvalue weighted by Crippen LogP contribution is -2.46. The zero-order chi connectivity index (χ0) is 32.6. The van der Waals surface area contributed by atoms with Crippen LogP contribution in [0.2, 0.25) is 0 Å². The Labute approximate surface area is 274 Å². The molecular formula is C37H39N5O5. The highest BCUT2D eigenvalue weighted by molar-refractivity contribution is 6.47. The molecular weight excluding hydrogens is 594 g/mol. The number of carbonyl (C=O) groups is 2. The highest BCUT2D eigenvalue weighted by Gasteiger charge is 2.25. The van der Waals surface area contributed by atoms with E-state index in [2.05, 4.69) is 15.1 Å². The monoisotopic (exact) mass is 633 g/mol. The molecule has 10 heteroatoms. The Morgan fingerprint density at radius 2 is 1.53 bits per heavy atom. The number of benzene rings is 2. The number of rotatable bonds is 13. The van der Waals surface area contributed by atoms with Crippen LogP contribution in [0.1, 0.15) is 16.2 Å². The largest absolute Gasteiger partial charge is 0.491 e. The highest BCUT2D eigenvalue weighted by Crippen LogP contribution is 2.29. The number of aryl methyl sites for hydroxylation is 1. The average Bonchev–Trinajstić information content (AvgIpc) is 3.50. The molecule has 1 aliphatic heterocycles. The quantitative estimate of drug-likeness (QED) is 0.103. The van der Waals surface area contributed by atoms with Crippen molar-refractivity contribution in [3.05, 3.63) is 109 Å². The Bertz CT molecular complexity index is 1810. The van der Waals surface area contributed by atoms with Crippen LogP contribution < -0.4 is 19.9 Å². The Morgan fingerprint density at radius 3 is 2.30 bits per heavy atom. The maximum Gasteiger partial charge on any atom is 0.298 e. The number of Topliss-reactive ketones (excluding diaryl/α,β-unsaturated/α-hetero) is 1. The molecule has 0 aliphatic carbocycles. The summed E-state index contributed by atoms with van der Waals surface area (Å²) >= 11 is 0. The maximum absolute atomic E-state index is 13.6. The van der Waals surface area contributed by atoms with E-state index >= 15 is 0 Å². The van der Waals surface area contributed by atoms with Crippen LogP contribution in [0, 0.1) is 6.92 Å². The first-order valence-electron chi connectivity index (χ1n) is 15.8. The molecule has 242 valence electrons. The van der Waals surface area contributed by atoms with Gasteiger partial charge in [0, 0.05) is 79.8 Å². The smallest absolute Gasteiger partial charge is 0.298 e. The highest BCUT2D eigenvalue weighted by atomic mass is 16.5. The molecule has 0 saturated carbocycles. The van der Waals surface area contributed by atoms with Gasteiger partial charge in [0.05, 0.1) is 19.8 Å². The summed E-state index contributed by atoms with van der Waals surface area (Å²) in [6.07, 6.45) is 1.81. The van der Waals surface area contributed by atoms with Crippen molar-refractivity contribution in [3.63, 3.8) is 0 Å². The number of nitrogens with zero attached hydrogens (tertiary/aromatic N) is 4. The van der Waals surface area contributed by atoms with E-state index in [0.29, 0.717) is 37.8 Å². The zero-order valence-electron chi connectivity index (χ0n) is 26.7. The van der Waals surface area contributed by atoms with Crippen molar-refractivity contribution in [1.82, 2.24) is 9.38 Å². The number of ether oxygens (including phenoxy) is 3. The molecule has 10 nitrogen and oxygen atoms in total. The molecule has 1 saturated heterocycles. The van der Waals surface area contributed by atoms with E-state index in [0.717, 1.165) is 65.8 Å². The Kier molecular flexibility index (Phi) is 10.1. The zero-order valence-corrected chi connectivity index (χ0v) is 26.7. The predicted molar refractivity (Wildman–Crippen MR) is 184 cm³/mol. The number of amides is 1. The van der Waals surface area contributed by atoms with E-state index in [9.17, 15) is 9.59 Å². The molecule has 4 heterocycles. The minimum Gasteiger partial charge on any atom is -0.491 e. The van der Waals surface area contributed by atoms with Crippen molar-refractivity contribution in [3.8, 4) is 16.9 Å². The number of piperazine rings is 1. The number of pyridine rings is 2. The predicted octanol–water partition coefficient (Wildman–Crippen LogP) is 5.50. The van der Waals surface area contributed by atoms with Gasteiger partial charge in [-0.15, -0.1) is 0 Å². The Balaban J connectivity index is 1.06. The molecule has 47 heavy (non-hydrogen) atoms. The maximum atomic E-state index is 13.6. The first-order chi connectivity index (χ1) is 23.0. The van der Waals surface area contributed by atoms with Gasteiger partial charge in [-0.2, -0.15) is 0 Å². The van der Waals surface area contributed by atoms with Crippen LogP contribution in [0.3, 0.4) is 0 Å². The van der Waals surface area contributed by atoms with Crippen molar-refractivity contribution < 1.29 is 23.8 Å². The van der Waals surface area contributed by atoms with Gasteiger partial charge >= 0.3 is 0 Å². The molecule has 0 spiro atoms. The van der Waals surface area contributed by atoms with Gasteiger partial charge in [-0.3, -0.25) is 9.59 Å². The summed E-state index contributed by atoms with van der Waals surface area (Å²) in [5.41, 5.74) is 5.30. The first kappa shape index (κ1) is 31.8. The summed E-state index contributed by atoms with van der Waals surface area (Å²) in [6.45, 7) is 7.27. The van der Waals surface area contributed by atoms with Crippen molar-refractivity contribution in [2.24, 2.45) is 0 Å². The van der Waals surface area contributed by atoms with E-state index in [1.807, 2.05) is 97.9 Å². The van der Waals surface area contributed by atoms with Crippen LogP contribution in [-0.4, -0.2) is 80.8 Å². The van der Waals surface area contributed by atoms with Crippen LogP contribution in [0.4, 0.5) is 17.2 Å². The number of fused-ring (bicyclic) bond motifs is 1. The summed E-state index contributed by atoms with van der Waals surface area (Å²) in [7, 11) is 1.65. The Hall–Kier alpha value is -5.19. The molecule has 5 aromatic rings. The number of nitrogens with one attached hydrogen (secondary N) is 1. The lowest BCUT2D eigenvalue weighted by molar-refractivity contribution is -0.112. The van der Waals surface area contributed by atoms with E-state index < -0.39 is 11.7 Å². The summed E-state index contributed by atoms with van der Waals surface area (Å²) in [5.74, 6) is 0.403. The van der Waals surface area contributed by atoms with Crippen LogP contribution in [0.15, 0.2) is 97.2 Å². The van der Waals surface area contributed by atoms with Crippen LogP contribution in [0.25, 0.3) is 16.6 Å². The summed E-state index contributed by atoms with van der Waals surface area (Å²) in [6, 6.07) is 28.8.